The smallest absolute Gasteiger partial charge is 0.258 e. The lowest BCUT2D eigenvalue weighted by Crippen LogP contribution is -2.51. The molecule has 0 aliphatic heterocycles. The number of alkyl halides is 1. The Morgan fingerprint density at radius 1 is 1.50 bits per heavy atom. The number of carbonyl (C=O) groups excluding carboxylic acids is 1. The van der Waals surface area contributed by atoms with Gasteiger partial charge in [0.05, 0.1) is 12.8 Å². The normalized spacial score (nSPS) is 22.8. The highest BCUT2D eigenvalue weighted by atomic mass is 35.5. The SMILES string of the molecule is COc1c(C(=O)NC2CC(F)(c3cccc(Cl)c3)C2)c(C)nn1C. The number of nitrogens with zero attached hydrogens (tertiary/aromatic N) is 2. The molecule has 1 aliphatic rings. The number of aromatic nitrogens is 2. The number of aryl methyl sites for hydroxylation is 2. The van der Waals surface area contributed by atoms with Crippen molar-refractivity contribution in [3.63, 3.8) is 0 Å². The lowest BCUT2D eigenvalue weighted by Gasteiger charge is -2.42. The van der Waals surface area contributed by atoms with Gasteiger partial charge < -0.3 is 10.1 Å². The predicted molar refractivity (Wildman–Crippen MR) is 89.2 cm³/mol. The fourth-order valence-electron chi connectivity index (χ4n) is 3.22. The summed E-state index contributed by atoms with van der Waals surface area (Å²) in [7, 11) is 3.19. The summed E-state index contributed by atoms with van der Waals surface area (Å²) in [5, 5.41) is 7.55. The number of carbonyl (C=O) groups is 1. The standard InChI is InChI=1S/C17H19ClFN3O2/c1-10-14(16(24-3)22(2)21-10)15(23)20-13-8-17(19,9-13)11-5-4-6-12(18)7-11/h4-7,13H,8-9H2,1-3H3,(H,20,23). The largest absolute Gasteiger partial charge is 0.481 e. The van der Waals surface area contributed by atoms with Crippen molar-refractivity contribution in [2.75, 3.05) is 7.11 Å². The number of benzene rings is 1. The van der Waals surface area contributed by atoms with Crippen LogP contribution in [0.25, 0.3) is 0 Å². The van der Waals surface area contributed by atoms with Gasteiger partial charge in [0.15, 0.2) is 0 Å². The molecule has 3 rings (SSSR count). The second-order valence-electron chi connectivity index (χ2n) is 6.15. The van der Waals surface area contributed by atoms with E-state index in [1.165, 1.54) is 11.8 Å². The molecule has 0 saturated heterocycles. The van der Waals surface area contributed by atoms with Gasteiger partial charge in [-0.15, -0.1) is 0 Å². The maximum absolute atomic E-state index is 14.9. The summed E-state index contributed by atoms with van der Waals surface area (Å²) in [5.41, 5.74) is 0.0685. The van der Waals surface area contributed by atoms with E-state index in [0.717, 1.165) is 0 Å². The number of hydrogen-bond donors (Lipinski definition) is 1. The summed E-state index contributed by atoms with van der Waals surface area (Å²) in [6.45, 7) is 1.74. The van der Waals surface area contributed by atoms with Crippen LogP contribution < -0.4 is 10.1 Å². The monoisotopic (exact) mass is 351 g/mol. The third-order valence-electron chi connectivity index (χ3n) is 4.41. The molecule has 0 atom stereocenters. The first-order valence-electron chi connectivity index (χ1n) is 7.67. The first-order chi connectivity index (χ1) is 11.3. The molecular weight excluding hydrogens is 333 g/mol. The molecule has 0 spiro atoms. The Hall–Kier alpha value is -2.08. The van der Waals surface area contributed by atoms with Crippen LogP contribution >= 0.6 is 11.6 Å². The molecule has 1 fully saturated rings. The summed E-state index contributed by atoms with van der Waals surface area (Å²) >= 11 is 5.93. The van der Waals surface area contributed by atoms with Crippen molar-refractivity contribution in [3.8, 4) is 5.88 Å². The van der Waals surface area contributed by atoms with E-state index in [4.69, 9.17) is 16.3 Å². The Balaban J connectivity index is 1.68. The van der Waals surface area contributed by atoms with Gasteiger partial charge in [-0.25, -0.2) is 9.07 Å². The van der Waals surface area contributed by atoms with Gasteiger partial charge in [-0.05, 0) is 24.6 Å². The second-order valence-corrected chi connectivity index (χ2v) is 6.58. The van der Waals surface area contributed by atoms with E-state index in [0.29, 0.717) is 27.7 Å². The van der Waals surface area contributed by atoms with Crippen LogP contribution in [-0.2, 0) is 12.7 Å². The lowest BCUT2D eigenvalue weighted by atomic mass is 9.73. The highest BCUT2D eigenvalue weighted by Gasteiger charge is 2.47. The topological polar surface area (TPSA) is 56.1 Å². The number of methoxy groups -OCH3 is 1. The molecule has 1 aliphatic carbocycles. The highest BCUT2D eigenvalue weighted by molar-refractivity contribution is 6.30. The zero-order valence-corrected chi connectivity index (χ0v) is 14.5. The zero-order chi connectivity index (χ0) is 17.5. The van der Waals surface area contributed by atoms with Crippen LogP contribution in [-0.4, -0.2) is 28.8 Å². The number of hydrogen-bond acceptors (Lipinski definition) is 3. The van der Waals surface area contributed by atoms with Crippen molar-refractivity contribution in [1.82, 2.24) is 15.1 Å². The van der Waals surface area contributed by atoms with Crippen molar-refractivity contribution in [1.29, 1.82) is 0 Å². The molecule has 0 radical (unpaired) electrons. The molecule has 24 heavy (non-hydrogen) atoms. The third kappa shape index (κ3) is 2.86. The molecule has 128 valence electrons. The van der Waals surface area contributed by atoms with Crippen LogP contribution in [0.1, 0.15) is 34.5 Å². The Morgan fingerprint density at radius 2 is 2.21 bits per heavy atom. The van der Waals surface area contributed by atoms with Gasteiger partial charge in [0.1, 0.15) is 11.2 Å². The van der Waals surface area contributed by atoms with Gasteiger partial charge in [0, 0.05) is 31.0 Å². The van der Waals surface area contributed by atoms with Crippen LogP contribution in [0.15, 0.2) is 24.3 Å². The molecule has 5 nitrogen and oxygen atoms in total. The summed E-state index contributed by atoms with van der Waals surface area (Å²) in [6.07, 6.45) is 0.446. The number of ether oxygens (including phenoxy) is 1. The van der Waals surface area contributed by atoms with Gasteiger partial charge in [-0.3, -0.25) is 4.79 Å². The summed E-state index contributed by atoms with van der Waals surface area (Å²) in [6, 6.07) is 6.57. The van der Waals surface area contributed by atoms with Crippen LogP contribution in [0.3, 0.4) is 0 Å². The Labute approximate surface area is 144 Å². The van der Waals surface area contributed by atoms with E-state index >= 15 is 0 Å². The number of halogens is 2. The average molecular weight is 352 g/mol. The fraction of sp³-hybridized carbons (Fsp3) is 0.412. The second kappa shape index (κ2) is 6.09. The minimum Gasteiger partial charge on any atom is -0.481 e. The number of rotatable bonds is 4. The van der Waals surface area contributed by atoms with E-state index < -0.39 is 5.67 Å². The minimum atomic E-state index is -1.45. The predicted octanol–water partition coefficient (Wildman–Crippen LogP) is 3.15. The van der Waals surface area contributed by atoms with Crippen LogP contribution in [0.5, 0.6) is 5.88 Å². The van der Waals surface area contributed by atoms with Gasteiger partial charge in [0.25, 0.3) is 5.91 Å². The molecule has 1 N–H and O–H groups in total. The fourth-order valence-corrected chi connectivity index (χ4v) is 3.41. The van der Waals surface area contributed by atoms with E-state index in [-0.39, 0.29) is 24.8 Å². The summed E-state index contributed by atoms with van der Waals surface area (Å²) < 4.78 is 21.6. The van der Waals surface area contributed by atoms with E-state index in [9.17, 15) is 9.18 Å². The quantitative estimate of drug-likeness (QED) is 0.920. The van der Waals surface area contributed by atoms with E-state index in [2.05, 4.69) is 10.4 Å². The van der Waals surface area contributed by atoms with Gasteiger partial charge >= 0.3 is 0 Å². The lowest BCUT2D eigenvalue weighted by molar-refractivity contribution is 0.0247. The maximum Gasteiger partial charge on any atom is 0.258 e. The number of amides is 1. The van der Waals surface area contributed by atoms with Crippen molar-refractivity contribution in [2.24, 2.45) is 7.05 Å². The van der Waals surface area contributed by atoms with Crippen LogP contribution in [0, 0.1) is 6.92 Å². The van der Waals surface area contributed by atoms with Crippen molar-refractivity contribution < 1.29 is 13.9 Å². The molecule has 1 aromatic heterocycles. The zero-order valence-electron chi connectivity index (χ0n) is 13.8. The van der Waals surface area contributed by atoms with Crippen molar-refractivity contribution >= 4 is 17.5 Å². The van der Waals surface area contributed by atoms with E-state index in [1.807, 2.05) is 0 Å². The highest BCUT2D eigenvalue weighted by Crippen LogP contribution is 2.45. The Morgan fingerprint density at radius 3 is 2.83 bits per heavy atom. The van der Waals surface area contributed by atoms with E-state index in [1.54, 1.807) is 38.2 Å². The Kier molecular flexibility index (Phi) is 4.25. The molecule has 1 aromatic carbocycles. The molecular formula is C17H19ClFN3O2. The molecule has 0 unspecified atom stereocenters. The van der Waals surface area contributed by atoms with Crippen LogP contribution in [0.4, 0.5) is 4.39 Å². The molecule has 7 heteroatoms. The number of nitrogens with one attached hydrogen (secondary N) is 1. The van der Waals surface area contributed by atoms with Gasteiger partial charge in [0.2, 0.25) is 5.88 Å². The average Bonchev–Trinajstić information content (AvgIpc) is 2.79. The van der Waals surface area contributed by atoms with Crippen molar-refractivity contribution in [2.45, 2.75) is 31.5 Å². The molecule has 1 amide bonds. The minimum absolute atomic E-state index is 0.223. The summed E-state index contributed by atoms with van der Waals surface area (Å²) in [5.74, 6) is 0.0984. The third-order valence-corrected chi connectivity index (χ3v) is 4.64. The van der Waals surface area contributed by atoms with Crippen molar-refractivity contribution in [3.05, 3.63) is 46.1 Å². The maximum atomic E-state index is 14.9. The first-order valence-corrected chi connectivity index (χ1v) is 8.05. The first kappa shape index (κ1) is 16.8. The Bertz CT molecular complexity index is 784. The van der Waals surface area contributed by atoms with Gasteiger partial charge in [-0.2, -0.15) is 5.10 Å². The molecule has 2 aromatic rings. The molecule has 1 heterocycles. The van der Waals surface area contributed by atoms with Crippen LogP contribution in [0.2, 0.25) is 5.02 Å². The van der Waals surface area contributed by atoms with Gasteiger partial charge in [-0.1, -0.05) is 23.7 Å². The molecule has 1 saturated carbocycles. The summed E-state index contributed by atoms with van der Waals surface area (Å²) in [4.78, 5) is 12.5. The molecule has 0 bridgehead atoms.